The van der Waals surface area contributed by atoms with E-state index in [0.717, 1.165) is 16.9 Å². The van der Waals surface area contributed by atoms with E-state index in [1.807, 2.05) is 54.6 Å². The number of ether oxygens (including phenoxy) is 1. The van der Waals surface area contributed by atoms with Gasteiger partial charge in [0.2, 0.25) is 5.95 Å². The number of hydrogen-bond acceptors (Lipinski definition) is 5. The summed E-state index contributed by atoms with van der Waals surface area (Å²) in [7, 11) is 1.79. The summed E-state index contributed by atoms with van der Waals surface area (Å²) < 4.78 is 7.41. The predicted molar refractivity (Wildman–Crippen MR) is 83.3 cm³/mol. The van der Waals surface area contributed by atoms with E-state index in [9.17, 15) is 0 Å². The van der Waals surface area contributed by atoms with Crippen LogP contribution in [-0.2, 0) is 20.2 Å². The molecule has 0 aliphatic carbocycles. The van der Waals surface area contributed by atoms with Crippen molar-refractivity contribution in [2.45, 2.75) is 13.2 Å². The van der Waals surface area contributed by atoms with Crippen molar-refractivity contribution in [1.82, 2.24) is 20.2 Å². The number of benzene rings is 2. The lowest BCUT2D eigenvalue weighted by Gasteiger charge is -2.09. The van der Waals surface area contributed by atoms with Gasteiger partial charge in [0, 0.05) is 13.6 Å². The first-order chi connectivity index (χ1) is 10.8. The second-order valence-electron chi connectivity index (χ2n) is 4.90. The number of nitrogens with one attached hydrogen (secondary N) is 1. The Morgan fingerprint density at radius 2 is 1.86 bits per heavy atom. The highest BCUT2D eigenvalue weighted by Gasteiger charge is 2.02. The fourth-order valence-corrected chi connectivity index (χ4v) is 2.05. The number of tetrazole rings is 1. The van der Waals surface area contributed by atoms with Gasteiger partial charge in [0.25, 0.3) is 0 Å². The fourth-order valence-electron chi connectivity index (χ4n) is 2.05. The Kier molecular flexibility index (Phi) is 4.29. The summed E-state index contributed by atoms with van der Waals surface area (Å²) in [5.41, 5.74) is 2.25. The third-order valence-electron chi connectivity index (χ3n) is 3.22. The highest BCUT2D eigenvalue weighted by molar-refractivity contribution is 5.32. The first kappa shape index (κ1) is 14.1. The Labute approximate surface area is 128 Å². The van der Waals surface area contributed by atoms with Gasteiger partial charge >= 0.3 is 0 Å². The van der Waals surface area contributed by atoms with Crippen LogP contribution in [0.3, 0.4) is 0 Å². The zero-order chi connectivity index (χ0) is 15.2. The van der Waals surface area contributed by atoms with Gasteiger partial charge in [-0.3, -0.25) is 0 Å². The second kappa shape index (κ2) is 6.71. The van der Waals surface area contributed by atoms with E-state index in [1.54, 1.807) is 11.7 Å². The summed E-state index contributed by atoms with van der Waals surface area (Å²) in [6.45, 7) is 1.20. The molecular formula is C16H17N5O. The van der Waals surface area contributed by atoms with Gasteiger partial charge in [0.15, 0.2) is 0 Å². The minimum Gasteiger partial charge on any atom is -0.489 e. The standard InChI is InChI=1S/C16H17N5O/c1-21-16(18-19-20-21)17-11-14-8-5-9-15(10-14)22-12-13-6-3-2-4-7-13/h2-10H,11-12H2,1H3,(H,17,18,20). The van der Waals surface area contributed by atoms with E-state index >= 15 is 0 Å². The highest BCUT2D eigenvalue weighted by atomic mass is 16.5. The molecule has 1 heterocycles. The van der Waals surface area contributed by atoms with Crippen LogP contribution >= 0.6 is 0 Å². The molecule has 6 nitrogen and oxygen atoms in total. The topological polar surface area (TPSA) is 64.9 Å². The molecule has 6 heteroatoms. The molecule has 1 N–H and O–H groups in total. The van der Waals surface area contributed by atoms with Crippen molar-refractivity contribution in [1.29, 1.82) is 0 Å². The summed E-state index contributed by atoms with van der Waals surface area (Å²) in [6.07, 6.45) is 0. The average molecular weight is 295 g/mol. The van der Waals surface area contributed by atoms with E-state index in [0.29, 0.717) is 19.1 Å². The molecule has 3 aromatic rings. The first-order valence-electron chi connectivity index (χ1n) is 7.03. The molecular weight excluding hydrogens is 278 g/mol. The van der Waals surface area contributed by atoms with Crippen LogP contribution in [-0.4, -0.2) is 20.2 Å². The average Bonchev–Trinajstić information content (AvgIpc) is 2.98. The van der Waals surface area contributed by atoms with Crippen LogP contribution in [0.5, 0.6) is 5.75 Å². The quantitative estimate of drug-likeness (QED) is 0.756. The monoisotopic (exact) mass is 295 g/mol. The summed E-state index contributed by atoms with van der Waals surface area (Å²) in [5.74, 6) is 1.48. The fraction of sp³-hybridized carbons (Fsp3) is 0.188. The number of aromatic nitrogens is 4. The largest absolute Gasteiger partial charge is 0.489 e. The van der Waals surface area contributed by atoms with Crippen molar-refractivity contribution >= 4 is 5.95 Å². The van der Waals surface area contributed by atoms with E-state index in [-0.39, 0.29) is 0 Å². The second-order valence-corrected chi connectivity index (χ2v) is 4.90. The van der Waals surface area contributed by atoms with Crippen LogP contribution in [0.2, 0.25) is 0 Å². The molecule has 0 radical (unpaired) electrons. The number of aryl methyl sites for hydroxylation is 1. The van der Waals surface area contributed by atoms with Crippen molar-refractivity contribution in [3.05, 3.63) is 65.7 Å². The normalized spacial score (nSPS) is 10.4. The minimum atomic E-state index is 0.560. The zero-order valence-corrected chi connectivity index (χ0v) is 12.3. The Hall–Kier alpha value is -2.89. The van der Waals surface area contributed by atoms with Crippen molar-refractivity contribution < 1.29 is 4.74 Å². The number of rotatable bonds is 6. The van der Waals surface area contributed by atoms with Gasteiger partial charge in [-0.15, -0.1) is 0 Å². The molecule has 1 aromatic heterocycles. The molecule has 0 saturated carbocycles. The minimum absolute atomic E-state index is 0.560. The molecule has 0 saturated heterocycles. The van der Waals surface area contributed by atoms with E-state index in [4.69, 9.17) is 4.74 Å². The lowest BCUT2D eigenvalue weighted by atomic mass is 10.2. The summed E-state index contributed by atoms with van der Waals surface area (Å²) in [4.78, 5) is 0. The predicted octanol–water partition coefficient (Wildman–Crippen LogP) is 2.40. The smallest absolute Gasteiger partial charge is 0.242 e. The van der Waals surface area contributed by atoms with Gasteiger partial charge in [0.1, 0.15) is 12.4 Å². The van der Waals surface area contributed by atoms with Crippen molar-refractivity contribution in [3.8, 4) is 5.75 Å². The molecule has 0 aliphatic rings. The van der Waals surface area contributed by atoms with Gasteiger partial charge in [-0.05, 0) is 33.7 Å². The molecule has 112 valence electrons. The molecule has 22 heavy (non-hydrogen) atoms. The molecule has 0 amide bonds. The van der Waals surface area contributed by atoms with Gasteiger partial charge in [-0.2, -0.15) is 0 Å². The van der Waals surface area contributed by atoms with E-state index < -0.39 is 0 Å². The molecule has 3 rings (SSSR count). The number of hydrogen-bond donors (Lipinski definition) is 1. The van der Waals surface area contributed by atoms with Crippen LogP contribution in [0, 0.1) is 0 Å². The molecule has 2 aromatic carbocycles. The summed E-state index contributed by atoms with van der Waals surface area (Å²) in [6, 6.07) is 18.1. The summed E-state index contributed by atoms with van der Waals surface area (Å²) in [5, 5.41) is 14.4. The first-order valence-corrected chi connectivity index (χ1v) is 7.03. The van der Waals surface area contributed by atoms with E-state index in [2.05, 4.69) is 20.8 Å². The molecule has 0 fully saturated rings. The third-order valence-corrected chi connectivity index (χ3v) is 3.22. The molecule has 0 unspecified atom stereocenters. The van der Waals surface area contributed by atoms with Gasteiger partial charge < -0.3 is 10.1 Å². The maximum absolute atomic E-state index is 5.82. The van der Waals surface area contributed by atoms with Crippen molar-refractivity contribution in [2.75, 3.05) is 5.32 Å². The van der Waals surface area contributed by atoms with Gasteiger partial charge in [-0.1, -0.05) is 47.6 Å². The Bertz CT molecular complexity index is 726. The number of nitrogens with zero attached hydrogens (tertiary/aromatic N) is 4. The van der Waals surface area contributed by atoms with Crippen LogP contribution in [0.1, 0.15) is 11.1 Å². The van der Waals surface area contributed by atoms with Crippen LogP contribution < -0.4 is 10.1 Å². The number of anilines is 1. The molecule has 0 spiro atoms. The summed E-state index contributed by atoms with van der Waals surface area (Å²) >= 11 is 0. The third kappa shape index (κ3) is 3.60. The lowest BCUT2D eigenvalue weighted by molar-refractivity contribution is 0.306. The highest BCUT2D eigenvalue weighted by Crippen LogP contribution is 2.16. The molecule has 0 atom stereocenters. The SMILES string of the molecule is Cn1nnnc1NCc1cccc(OCc2ccccc2)c1. The van der Waals surface area contributed by atoms with Crippen molar-refractivity contribution in [3.63, 3.8) is 0 Å². The molecule has 0 aliphatic heterocycles. The van der Waals surface area contributed by atoms with Crippen LogP contribution in [0.4, 0.5) is 5.95 Å². The maximum Gasteiger partial charge on any atom is 0.242 e. The Morgan fingerprint density at radius 3 is 2.64 bits per heavy atom. The van der Waals surface area contributed by atoms with Crippen LogP contribution in [0.15, 0.2) is 54.6 Å². The van der Waals surface area contributed by atoms with Crippen LogP contribution in [0.25, 0.3) is 0 Å². The Balaban J connectivity index is 1.59. The van der Waals surface area contributed by atoms with E-state index in [1.165, 1.54) is 0 Å². The Morgan fingerprint density at radius 1 is 1.05 bits per heavy atom. The van der Waals surface area contributed by atoms with Gasteiger partial charge in [-0.25, -0.2) is 4.68 Å². The molecule has 0 bridgehead atoms. The lowest BCUT2D eigenvalue weighted by Crippen LogP contribution is -2.06. The van der Waals surface area contributed by atoms with Crippen molar-refractivity contribution in [2.24, 2.45) is 7.05 Å². The maximum atomic E-state index is 5.82. The zero-order valence-electron chi connectivity index (χ0n) is 12.3. The van der Waals surface area contributed by atoms with Gasteiger partial charge in [0.05, 0.1) is 0 Å².